The van der Waals surface area contributed by atoms with Gasteiger partial charge in [0.25, 0.3) is 0 Å². The molecule has 1 heterocycles. The zero-order valence-corrected chi connectivity index (χ0v) is 22.6. The molecule has 3 nitrogen and oxygen atoms in total. The van der Waals surface area contributed by atoms with E-state index in [0.717, 1.165) is 24.2 Å². The SMILES string of the molecule is CC12CCC3C(CC4OC45C[C@@H](O[Si](C)(C)C)CCC35C)C1CC=C2O[Si](C)(C)C. The van der Waals surface area contributed by atoms with Crippen LogP contribution in [0.2, 0.25) is 39.3 Å². The lowest BCUT2D eigenvalue weighted by Gasteiger charge is -2.59. The molecule has 0 aromatic rings. The highest BCUT2D eigenvalue weighted by Crippen LogP contribution is 2.73. The zero-order chi connectivity index (χ0) is 21.7. The van der Waals surface area contributed by atoms with E-state index < -0.39 is 16.6 Å². The number of fused-ring (bicyclic) bond motifs is 4. The van der Waals surface area contributed by atoms with Crippen molar-refractivity contribution in [1.82, 2.24) is 0 Å². The molecular formula is C25H44O3Si2. The van der Waals surface area contributed by atoms with Gasteiger partial charge in [-0.25, -0.2) is 0 Å². The molecule has 0 radical (unpaired) electrons. The normalized spacial score (nSPS) is 50.0. The van der Waals surface area contributed by atoms with E-state index in [1.165, 1.54) is 44.3 Å². The van der Waals surface area contributed by atoms with Crippen LogP contribution in [0.25, 0.3) is 0 Å². The van der Waals surface area contributed by atoms with Gasteiger partial charge in [0.15, 0.2) is 8.32 Å². The van der Waals surface area contributed by atoms with Gasteiger partial charge in [0.05, 0.1) is 11.9 Å². The zero-order valence-electron chi connectivity index (χ0n) is 20.6. The number of rotatable bonds is 4. The maximum Gasteiger partial charge on any atom is 0.241 e. The summed E-state index contributed by atoms with van der Waals surface area (Å²) in [4.78, 5) is 0. The molecule has 8 atom stereocenters. The Morgan fingerprint density at radius 1 is 0.967 bits per heavy atom. The van der Waals surface area contributed by atoms with Crippen molar-refractivity contribution in [3.8, 4) is 0 Å². The second-order valence-corrected chi connectivity index (χ2v) is 22.5. The molecule has 1 spiro atoms. The van der Waals surface area contributed by atoms with Crippen LogP contribution >= 0.6 is 0 Å². The van der Waals surface area contributed by atoms with Crippen LogP contribution in [0.3, 0.4) is 0 Å². The first-order valence-corrected chi connectivity index (χ1v) is 19.3. The standard InChI is InChI=1S/C25H44O3Si2/c1-23-13-12-20-18(19(23)9-10-21(23)28-30(6,7)8)15-22-25(26-22)16-17(27-29(3,4)5)11-14-24(20,25)2/h10,17-20,22H,9,11-16H2,1-8H3/t17-,18?,19?,20?,22?,23?,24?,25?/m0/s1. The summed E-state index contributed by atoms with van der Waals surface area (Å²) in [6.45, 7) is 19.1. The lowest BCUT2D eigenvalue weighted by Crippen LogP contribution is -2.59. The smallest absolute Gasteiger partial charge is 0.241 e. The fourth-order valence-electron chi connectivity index (χ4n) is 8.26. The van der Waals surface area contributed by atoms with Gasteiger partial charge >= 0.3 is 0 Å². The molecule has 30 heavy (non-hydrogen) atoms. The average Bonchev–Trinajstić information content (AvgIpc) is 3.19. The Kier molecular flexibility index (Phi) is 4.69. The van der Waals surface area contributed by atoms with Crippen molar-refractivity contribution in [3.05, 3.63) is 11.8 Å². The first-order chi connectivity index (χ1) is 13.8. The van der Waals surface area contributed by atoms with Crippen LogP contribution in [0.15, 0.2) is 11.8 Å². The summed E-state index contributed by atoms with van der Waals surface area (Å²) in [6.07, 6.45) is 12.2. The molecule has 4 fully saturated rings. The van der Waals surface area contributed by atoms with E-state index in [0.29, 0.717) is 17.6 Å². The summed E-state index contributed by atoms with van der Waals surface area (Å²) >= 11 is 0. The van der Waals surface area contributed by atoms with Crippen molar-refractivity contribution in [1.29, 1.82) is 0 Å². The highest BCUT2D eigenvalue weighted by atomic mass is 28.4. The molecule has 3 saturated carbocycles. The largest absolute Gasteiger partial charge is 0.547 e. The molecule has 0 amide bonds. The molecule has 5 aliphatic rings. The third kappa shape index (κ3) is 3.16. The second kappa shape index (κ2) is 6.48. The lowest BCUT2D eigenvalue weighted by molar-refractivity contribution is -0.106. The Balaban J connectivity index is 1.37. The maximum absolute atomic E-state index is 6.69. The molecule has 0 bridgehead atoms. The minimum Gasteiger partial charge on any atom is -0.547 e. The van der Waals surface area contributed by atoms with Gasteiger partial charge in [-0.1, -0.05) is 13.8 Å². The van der Waals surface area contributed by atoms with Crippen LogP contribution in [0.4, 0.5) is 0 Å². The van der Waals surface area contributed by atoms with E-state index in [1.54, 1.807) is 0 Å². The molecule has 0 aromatic carbocycles. The number of ether oxygens (including phenoxy) is 1. The van der Waals surface area contributed by atoms with Crippen LogP contribution in [0, 0.1) is 28.6 Å². The molecule has 5 heteroatoms. The summed E-state index contributed by atoms with van der Waals surface area (Å²) in [5.74, 6) is 3.69. The van der Waals surface area contributed by atoms with Crippen LogP contribution in [-0.2, 0) is 13.6 Å². The highest BCUT2D eigenvalue weighted by Gasteiger charge is 2.76. The van der Waals surface area contributed by atoms with E-state index >= 15 is 0 Å². The third-order valence-corrected chi connectivity index (χ3v) is 11.4. The quantitative estimate of drug-likeness (QED) is 0.353. The van der Waals surface area contributed by atoms with Gasteiger partial charge < -0.3 is 13.6 Å². The molecule has 0 N–H and O–H groups in total. The molecular weight excluding hydrogens is 404 g/mol. The number of hydrogen-bond acceptors (Lipinski definition) is 3. The van der Waals surface area contributed by atoms with Crippen LogP contribution in [-0.4, -0.2) is 34.4 Å². The van der Waals surface area contributed by atoms with E-state index in [-0.39, 0.29) is 11.0 Å². The van der Waals surface area contributed by atoms with Crippen LogP contribution < -0.4 is 0 Å². The van der Waals surface area contributed by atoms with Crippen molar-refractivity contribution in [3.63, 3.8) is 0 Å². The minimum atomic E-state index is -1.57. The minimum absolute atomic E-state index is 0.119. The third-order valence-electron chi connectivity index (χ3n) is 9.49. The van der Waals surface area contributed by atoms with Crippen molar-refractivity contribution >= 4 is 16.6 Å². The summed E-state index contributed by atoms with van der Waals surface area (Å²) in [5.41, 5.74) is 0.711. The Labute approximate surface area is 186 Å². The first-order valence-electron chi connectivity index (χ1n) is 12.5. The summed E-state index contributed by atoms with van der Waals surface area (Å²) in [6, 6.07) is 0. The second-order valence-electron chi connectivity index (χ2n) is 13.6. The summed E-state index contributed by atoms with van der Waals surface area (Å²) < 4.78 is 19.9. The fraction of sp³-hybridized carbons (Fsp3) is 0.920. The van der Waals surface area contributed by atoms with Gasteiger partial charge in [0.1, 0.15) is 5.60 Å². The molecule has 1 aliphatic heterocycles. The van der Waals surface area contributed by atoms with Gasteiger partial charge in [-0.15, -0.1) is 0 Å². The van der Waals surface area contributed by atoms with Crippen LogP contribution in [0.5, 0.6) is 0 Å². The Hall–Kier alpha value is -0.106. The topological polar surface area (TPSA) is 31.0 Å². The Morgan fingerprint density at radius 3 is 2.37 bits per heavy atom. The van der Waals surface area contributed by atoms with E-state index in [4.69, 9.17) is 13.6 Å². The van der Waals surface area contributed by atoms with Gasteiger partial charge in [0.2, 0.25) is 8.32 Å². The van der Waals surface area contributed by atoms with Gasteiger partial charge in [-0.05, 0) is 102 Å². The summed E-state index contributed by atoms with van der Waals surface area (Å²) in [5, 5.41) is 0. The fourth-order valence-corrected chi connectivity index (χ4v) is 10.4. The van der Waals surface area contributed by atoms with Gasteiger partial charge in [0, 0.05) is 23.4 Å². The molecule has 5 rings (SSSR count). The Morgan fingerprint density at radius 2 is 1.70 bits per heavy atom. The van der Waals surface area contributed by atoms with Crippen molar-refractivity contribution in [2.24, 2.45) is 28.6 Å². The van der Waals surface area contributed by atoms with E-state index in [9.17, 15) is 0 Å². The van der Waals surface area contributed by atoms with Crippen LogP contribution in [0.1, 0.15) is 58.8 Å². The predicted octanol–water partition coefficient (Wildman–Crippen LogP) is 6.73. The first kappa shape index (κ1) is 21.7. The predicted molar refractivity (Wildman–Crippen MR) is 127 cm³/mol. The monoisotopic (exact) mass is 448 g/mol. The van der Waals surface area contributed by atoms with E-state index in [1.807, 2.05) is 0 Å². The number of epoxide rings is 1. The summed E-state index contributed by atoms with van der Waals surface area (Å²) in [7, 11) is -3.07. The maximum atomic E-state index is 6.69. The van der Waals surface area contributed by atoms with Gasteiger partial charge in [-0.2, -0.15) is 0 Å². The molecule has 4 aliphatic carbocycles. The lowest BCUT2D eigenvalue weighted by atomic mass is 9.45. The average molecular weight is 449 g/mol. The molecule has 170 valence electrons. The molecule has 0 aromatic heterocycles. The van der Waals surface area contributed by atoms with E-state index in [2.05, 4.69) is 59.2 Å². The van der Waals surface area contributed by atoms with Gasteiger partial charge in [-0.3, -0.25) is 0 Å². The highest BCUT2D eigenvalue weighted by molar-refractivity contribution is 6.70. The Bertz CT molecular complexity index is 752. The number of hydrogen-bond donors (Lipinski definition) is 0. The van der Waals surface area contributed by atoms with Crippen molar-refractivity contribution in [2.75, 3.05) is 0 Å². The number of allylic oxidation sites excluding steroid dienone is 2. The molecule has 7 unspecified atom stereocenters. The molecule has 1 saturated heterocycles. The van der Waals surface area contributed by atoms with Crippen molar-refractivity contribution < 1.29 is 13.6 Å². The van der Waals surface area contributed by atoms with Crippen molar-refractivity contribution in [2.45, 2.75) is 116 Å².